The first-order valence-electron chi connectivity index (χ1n) is 14.5. The van der Waals surface area contributed by atoms with E-state index in [9.17, 15) is 0 Å². The molecule has 2 fully saturated rings. The summed E-state index contributed by atoms with van der Waals surface area (Å²) in [7, 11) is -1.98. The Kier molecular flexibility index (Phi) is 7.75. The molecule has 2 aliphatic carbocycles. The van der Waals surface area contributed by atoms with Crippen molar-refractivity contribution in [3.8, 4) is 16.5 Å². The Balaban J connectivity index is 1.52. The molecule has 38 heavy (non-hydrogen) atoms. The summed E-state index contributed by atoms with van der Waals surface area (Å²) in [5.74, 6) is 3.46. The second-order valence-electron chi connectivity index (χ2n) is 13.1. The second-order valence-corrected chi connectivity index (χ2v) is 18.9. The van der Waals surface area contributed by atoms with E-state index in [1.54, 1.807) is 11.3 Å². The van der Waals surface area contributed by atoms with E-state index in [1.807, 2.05) is 6.07 Å². The van der Waals surface area contributed by atoms with E-state index in [1.165, 1.54) is 17.5 Å². The summed E-state index contributed by atoms with van der Waals surface area (Å²) >= 11 is 1.70. The standard InChI is InChI=1S/C31H45N3O2SSi/c1-9-22-18-24(28(19(22)2)36-38(7,8)31(4,5)6)35-29-27(30-33-23-12-10-11-13-25(23)37-30)20(3)32-26(34-29)17-16-21-14-15-21/h10-13,19,21-22,24,28H,9,14-18H2,1-8H3/t19-,22+,24-,28-/m1/s1. The van der Waals surface area contributed by atoms with Crippen molar-refractivity contribution in [3.05, 3.63) is 35.8 Å². The predicted molar refractivity (Wildman–Crippen MR) is 160 cm³/mol. The SMILES string of the molecule is CC[C@H]1C[C@@H](Oc2nc(CCC3CC3)nc(C)c2-c2nc3ccccc3s2)[C@H](O[Si](C)(C)C(C)(C)C)[C@@H]1C. The molecule has 5 rings (SSSR count). The molecule has 0 bridgehead atoms. The van der Waals surface area contributed by atoms with Crippen molar-refractivity contribution < 1.29 is 9.16 Å². The second kappa shape index (κ2) is 10.6. The van der Waals surface area contributed by atoms with Crippen molar-refractivity contribution in [2.24, 2.45) is 17.8 Å². The minimum absolute atomic E-state index is 0.0252. The average Bonchev–Trinajstić information content (AvgIpc) is 3.52. The number of aromatic nitrogens is 3. The zero-order valence-electron chi connectivity index (χ0n) is 24.5. The first kappa shape index (κ1) is 27.7. The van der Waals surface area contributed by atoms with Crippen molar-refractivity contribution in [1.29, 1.82) is 0 Å². The van der Waals surface area contributed by atoms with Crippen LogP contribution in [-0.4, -0.2) is 35.5 Å². The molecule has 0 spiro atoms. The van der Waals surface area contributed by atoms with Crippen LogP contribution < -0.4 is 4.74 Å². The van der Waals surface area contributed by atoms with Crippen molar-refractivity contribution >= 4 is 29.9 Å². The van der Waals surface area contributed by atoms with Crippen LogP contribution in [0.3, 0.4) is 0 Å². The third-order valence-corrected chi connectivity index (χ3v) is 14.8. The number of para-hydroxylation sites is 1. The van der Waals surface area contributed by atoms with Crippen LogP contribution in [-0.2, 0) is 10.8 Å². The summed E-state index contributed by atoms with van der Waals surface area (Å²) in [6, 6.07) is 8.31. The summed E-state index contributed by atoms with van der Waals surface area (Å²) in [5, 5.41) is 1.09. The molecule has 0 unspecified atom stereocenters. The Labute approximate surface area is 233 Å². The fourth-order valence-corrected chi connectivity index (χ4v) is 7.97. The smallest absolute Gasteiger partial charge is 0.227 e. The Morgan fingerprint density at radius 3 is 2.47 bits per heavy atom. The lowest BCUT2D eigenvalue weighted by Gasteiger charge is -2.41. The predicted octanol–water partition coefficient (Wildman–Crippen LogP) is 8.61. The highest BCUT2D eigenvalue weighted by Gasteiger charge is 2.48. The van der Waals surface area contributed by atoms with Gasteiger partial charge in [-0.15, -0.1) is 11.3 Å². The Morgan fingerprint density at radius 2 is 1.82 bits per heavy atom. The molecule has 0 aliphatic heterocycles. The van der Waals surface area contributed by atoms with Gasteiger partial charge in [-0.3, -0.25) is 0 Å². The van der Waals surface area contributed by atoms with E-state index in [0.717, 1.165) is 59.2 Å². The number of rotatable bonds is 9. The first-order chi connectivity index (χ1) is 18.0. The molecule has 2 aromatic heterocycles. The molecule has 7 heteroatoms. The molecule has 2 aliphatic rings. The van der Waals surface area contributed by atoms with E-state index in [2.05, 4.69) is 72.8 Å². The van der Waals surface area contributed by atoms with Crippen LogP contribution in [0.15, 0.2) is 24.3 Å². The van der Waals surface area contributed by atoms with Crippen molar-refractivity contribution in [2.75, 3.05) is 0 Å². The van der Waals surface area contributed by atoms with E-state index in [4.69, 9.17) is 24.1 Å². The van der Waals surface area contributed by atoms with Crippen LogP contribution in [0, 0.1) is 24.7 Å². The molecule has 0 amide bonds. The monoisotopic (exact) mass is 551 g/mol. The highest BCUT2D eigenvalue weighted by Crippen LogP contribution is 2.45. The van der Waals surface area contributed by atoms with Crippen molar-refractivity contribution in [3.63, 3.8) is 0 Å². The number of ether oxygens (including phenoxy) is 1. The molecule has 1 aromatic carbocycles. The van der Waals surface area contributed by atoms with Gasteiger partial charge in [-0.1, -0.05) is 66.0 Å². The van der Waals surface area contributed by atoms with Crippen LogP contribution in [0.1, 0.15) is 78.2 Å². The normalized spacial score (nSPS) is 24.3. The number of nitrogens with zero attached hydrogens (tertiary/aromatic N) is 3. The van der Waals surface area contributed by atoms with E-state index < -0.39 is 8.32 Å². The molecular formula is C31H45N3O2SSi. The number of hydrogen-bond acceptors (Lipinski definition) is 6. The van der Waals surface area contributed by atoms with Gasteiger partial charge >= 0.3 is 0 Å². The highest BCUT2D eigenvalue weighted by atomic mass is 32.1. The van der Waals surface area contributed by atoms with Crippen LogP contribution >= 0.6 is 11.3 Å². The van der Waals surface area contributed by atoms with Crippen molar-refractivity contribution in [1.82, 2.24) is 15.0 Å². The third kappa shape index (κ3) is 5.71. The van der Waals surface area contributed by atoms with E-state index in [0.29, 0.717) is 17.7 Å². The van der Waals surface area contributed by atoms with Gasteiger partial charge in [0.25, 0.3) is 0 Å². The fourth-order valence-electron chi connectivity index (χ4n) is 5.52. The largest absolute Gasteiger partial charge is 0.471 e. The van der Waals surface area contributed by atoms with Gasteiger partial charge in [-0.25, -0.2) is 9.97 Å². The molecule has 2 saturated carbocycles. The maximum atomic E-state index is 7.09. The molecule has 5 nitrogen and oxygen atoms in total. The quantitative estimate of drug-likeness (QED) is 0.249. The summed E-state index contributed by atoms with van der Waals surface area (Å²) in [6.45, 7) is 18.4. The average molecular weight is 552 g/mol. The highest BCUT2D eigenvalue weighted by molar-refractivity contribution is 7.21. The van der Waals surface area contributed by atoms with Crippen molar-refractivity contribution in [2.45, 2.75) is 110 Å². The number of aryl methyl sites for hydroxylation is 2. The fraction of sp³-hybridized carbons (Fsp3) is 0.645. The van der Waals surface area contributed by atoms with Crippen LogP contribution in [0.5, 0.6) is 5.88 Å². The van der Waals surface area contributed by atoms with Gasteiger partial charge in [0.15, 0.2) is 8.32 Å². The lowest BCUT2D eigenvalue weighted by Crippen LogP contribution is -2.48. The molecule has 4 atom stereocenters. The van der Waals surface area contributed by atoms with Crippen LogP contribution in [0.25, 0.3) is 20.8 Å². The van der Waals surface area contributed by atoms with Gasteiger partial charge in [-0.2, -0.15) is 4.98 Å². The maximum absolute atomic E-state index is 7.09. The van der Waals surface area contributed by atoms with Crippen LogP contribution in [0.4, 0.5) is 0 Å². The number of thiazole rings is 1. The Bertz CT molecular complexity index is 1250. The topological polar surface area (TPSA) is 57.1 Å². The summed E-state index contributed by atoms with van der Waals surface area (Å²) < 4.78 is 15.3. The van der Waals surface area contributed by atoms with Gasteiger partial charge in [-0.05, 0) is 67.8 Å². The maximum Gasteiger partial charge on any atom is 0.227 e. The third-order valence-electron chi connectivity index (χ3n) is 9.27. The molecule has 206 valence electrons. The molecular weight excluding hydrogens is 507 g/mol. The van der Waals surface area contributed by atoms with Gasteiger partial charge in [0.1, 0.15) is 16.9 Å². The molecule has 2 heterocycles. The minimum atomic E-state index is -1.98. The Hall–Kier alpha value is -1.83. The van der Waals surface area contributed by atoms with Gasteiger partial charge in [0.2, 0.25) is 5.88 Å². The van der Waals surface area contributed by atoms with Crippen LogP contribution in [0.2, 0.25) is 18.1 Å². The zero-order valence-corrected chi connectivity index (χ0v) is 26.3. The molecule has 3 aromatic rings. The number of hydrogen-bond donors (Lipinski definition) is 0. The number of fused-ring (bicyclic) bond motifs is 1. The minimum Gasteiger partial charge on any atom is -0.471 e. The summed E-state index contributed by atoms with van der Waals surface area (Å²) in [5.41, 5.74) is 2.91. The molecule has 0 N–H and O–H groups in total. The lowest BCUT2D eigenvalue weighted by molar-refractivity contribution is 0.0437. The first-order valence-corrected chi connectivity index (χ1v) is 18.3. The summed E-state index contributed by atoms with van der Waals surface area (Å²) in [4.78, 5) is 15.0. The van der Waals surface area contributed by atoms with Gasteiger partial charge in [0.05, 0.1) is 27.6 Å². The zero-order chi connectivity index (χ0) is 27.2. The van der Waals surface area contributed by atoms with E-state index in [-0.39, 0.29) is 17.2 Å². The van der Waals surface area contributed by atoms with E-state index >= 15 is 0 Å². The molecule has 0 radical (unpaired) electrons. The lowest BCUT2D eigenvalue weighted by atomic mass is 9.95. The Morgan fingerprint density at radius 1 is 1.08 bits per heavy atom. The molecule has 0 saturated heterocycles. The van der Waals surface area contributed by atoms with Gasteiger partial charge < -0.3 is 9.16 Å². The summed E-state index contributed by atoms with van der Waals surface area (Å²) in [6.07, 6.45) is 6.93. The number of benzene rings is 1. The van der Waals surface area contributed by atoms with Gasteiger partial charge in [0, 0.05) is 6.42 Å².